The number of likely N-dealkylation sites (tertiary alicyclic amines) is 1. The van der Waals surface area contributed by atoms with Gasteiger partial charge in [-0.05, 0) is 82.6 Å². The molecule has 0 aromatic carbocycles. The maximum absolute atomic E-state index is 11.8. The predicted octanol–water partition coefficient (Wildman–Crippen LogP) is 4.19. The first-order chi connectivity index (χ1) is 12.3. The maximum Gasteiger partial charge on any atom is 0.250 e. The summed E-state index contributed by atoms with van der Waals surface area (Å²) in [6, 6.07) is 3.94. The van der Waals surface area contributed by atoms with Crippen molar-refractivity contribution in [3.63, 3.8) is 0 Å². The molecule has 1 aromatic heterocycles. The molecule has 4 nitrogen and oxygen atoms in total. The fourth-order valence-corrected chi connectivity index (χ4v) is 3.83. The topological polar surface area (TPSA) is 34.5 Å². The molecular formula is C22H38N2O2. The second-order valence-corrected chi connectivity index (χ2v) is 8.78. The van der Waals surface area contributed by atoms with E-state index in [1.807, 2.05) is 19.3 Å². The molecule has 1 unspecified atom stereocenters. The van der Waals surface area contributed by atoms with Gasteiger partial charge in [-0.3, -0.25) is 4.79 Å². The van der Waals surface area contributed by atoms with Gasteiger partial charge in [0.15, 0.2) is 0 Å². The Morgan fingerprint density at radius 1 is 1.27 bits per heavy atom. The highest BCUT2D eigenvalue weighted by molar-refractivity contribution is 5.17. The SMILES string of the molecule is COC(C)(C)CCCC(C)CCN1CCC(c2ccn(C)c(=O)c2)CC1. The average Bonchev–Trinajstić information content (AvgIpc) is 2.62. The molecule has 1 aliphatic heterocycles. The number of nitrogens with zero attached hydrogens (tertiary/aromatic N) is 2. The molecule has 148 valence electrons. The van der Waals surface area contributed by atoms with Gasteiger partial charge in [-0.2, -0.15) is 0 Å². The second kappa shape index (κ2) is 9.70. The first kappa shape index (κ1) is 21.2. The second-order valence-electron chi connectivity index (χ2n) is 8.78. The summed E-state index contributed by atoms with van der Waals surface area (Å²) in [5.41, 5.74) is 1.34. The summed E-state index contributed by atoms with van der Waals surface area (Å²) in [7, 11) is 3.62. The van der Waals surface area contributed by atoms with Gasteiger partial charge in [0, 0.05) is 26.4 Å². The first-order valence-corrected chi connectivity index (χ1v) is 10.2. The van der Waals surface area contributed by atoms with Crippen LogP contribution >= 0.6 is 0 Å². The van der Waals surface area contributed by atoms with Crippen molar-refractivity contribution < 1.29 is 4.74 Å². The zero-order chi connectivity index (χ0) is 19.2. The molecule has 0 amide bonds. The van der Waals surface area contributed by atoms with Crippen molar-refractivity contribution in [1.82, 2.24) is 9.47 Å². The number of ether oxygens (including phenoxy) is 1. The fraction of sp³-hybridized carbons (Fsp3) is 0.773. The summed E-state index contributed by atoms with van der Waals surface area (Å²) in [4.78, 5) is 14.4. The molecule has 0 saturated carbocycles. The lowest BCUT2D eigenvalue weighted by Crippen LogP contribution is -2.34. The normalized spacial score (nSPS) is 18.2. The largest absolute Gasteiger partial charge is 0.379 e. The van der Waals surface area contributed by atoms with Crippen molar-refractivity contribution in [2.75, 3.05) is 26.7 Å². The summed E-state index contributed by atoms with van der Waals surface area (Å²) < 4.78 is 7.15. The molecule has 0 spiro atoms. The Hall–Kier alpha value is -1.13. The van der Waals surface area contributed by atoms with Crippen LogP contribution in [0.3, 0.4) is 0 Å². The number of methoxy groups -OCH3 is 1. The number of aryl methyl sites for hydroxylation is 1. The number of hydrogen-bond acceptors (Lipinski definition) is 3. The van der Waals surface area contributed by atoms with Crippen molar-refractivity contribution in [1.29, 1.82) is 0 Å². The van der Waals surface area contributed by atoms with Crippen LogP contribution in [0.5, 0.6) is 0 Å². The zero-order valence-corrected chi connectivity index (χ0v) is 17.5. The summed E-state index contributed by atoms with van der Waals surface area (Å²) in [5, 5.41) is 0. The van der Waals surface area contributed by atoms with Crippen molar-refractivity contribution in [3.05, 3.63) is 34.2 Å². The van der Waals surface area contributed by atoms with Gasteiger partial charge in [0.2, 0.25) is 0 Å². The van der Waals surface area contributed by atoms with Crippen molar-refractivity contribution in [3.8, 4) is 0 Å². The Kier molecular flexibility index (Phi) is 7.90. The summed E-state index contributed by atoms with van der Waals surface area (Å²) in [5.74, 6) is 1.33. The molecule has 26 heavy (non-hydrogen) atoms. The van der Waals surface area contributed by atoms with E-state index in [1.165, 1.54) is 44.2 Å². The summed E-state index contributed by atoms with van der Waals surface area (Å²) in [6.07, 6.45) is 9.19. The van der Waals surface area contributed by atoms with Gasteiger partial charge < -0.3 is 14.2 Å². The van der Waals surface area contributed by atoms with E-state index >= 15 is 0 Å². The van der Waals surface area contributed by atoms with Crippen molar-refractivity contribution in [2.24, 2.45) is 13.0 Å². The number of rotatable bonds is 9. The van der Waals surface area contributed by atoms with Crippen molar-refractivity contribution >= 4 is 0 Å². The quantitative estimate of drug-likeness (QED) is 0.661. The minimum absolute atomic E-state index is 0.0139. The van der Waals surface area contributed by atoms with Gasteiger partial charge in [-0.25, -0.2) is 0 Å². The first-order valence-electron chi connectivity index (χ1n) is 10.2. The number of piperidine rings is 1. The van der Waals surface area contributed by atoms with Crippen LogP contribution in [-0.2, 0) is 11.8 Å². The number of aromatic nitrogens is 1. The Morgan fingerprint density at radius 3 is 2.58 bits per heavy atom. The molecule has 4 heteroatoms. The van der Waals surface area contributed by atoms with Crippen LogP contribution in [0.1, 0.15) is 70.8 Å². The lowest BCUT2D eigenvalue weighted by atomic mass is 9.89. The van der Waals surface area contributed by atoms with Crippen molar-refractivity contribution in [2.45, 2.75) is 70.8 Å². The summed E-state index contributed by atoms with van der Waals surface area (Å²) >= 11 is 0. The molecule has 1 atom stereocenters. The average molecular weight is 363 g/mol. The minimum atomic E-state index is 0.0139. The van der Waals surface area contributed by atoms with Gasteiger partial charge in [0.25, 0.3) is 5.56 Å². The number of hydrogen-bond donors (Lipinski definition) is 0. The van der Waals surface area contributed by atoms with E-state index in [4.69, 9.17) is 4.74 Å². The van der Waals surface area contributed by atoms with E-state index in [0.29, 0.717) is 5.92 Å². The molecule has 0 radical (unpaired) electrons. The van der Waals surface area contributed by atoms with Gasteiger partial charge in [-0.1, -0.05) is 19.8 Å². The van der Waals surface area contributed by atoms with E-state index in [-0.39, 0.29) is 11.2 Å². The monoisotopic (exact) mass is 362 g/mol. The Bertz CT molecular complexity index is 600. The van der Waals surface area contributed by atoms with Gasteiger partial charge in [0.1, 0.15) is 0 Å². The highest BCUT2D eigenvalue weighted by Gasteiger charge is 2.21. The van der Waals surface area contributed by atoms with E-state index in [9.17, 15) is 4.79 Å². The third-order valence-corrected chi connectivity index (χ3v) is 6.15. The van der Waals surface area contributed by atoms with E-state index in [0.717, 1.165) is 25.4 Å². The Morgan fingerprint density at radius 2 is 1.96 bits per heavy atom. The maximum atomic E-state index is 11.8. The van der Waals surface area contributed by atoms with E-state index < -0.39 is 0 Å². The smallest absolute Gasteiger partial charge is 0.250 e. The molecule has 2 heterocycles. The molecule has 1 fully saturated rings. The lowest BCUT2D eigenvalue weighted by molar-refractivity contribution is 0.0126. The van der Waals surface area contributed by atoms with Gasteiger partial charge >= 0.3 is 0 Å². The molecule has 1 aromatic rings. The molecule has 0 N–H and O–H groups in total. The van der Waals surface area contributed by atoms with Crippen LogP contribution in [0, 0.1) is 5.92 Å². The summed E-state index contributed by atoms with van der Waals surface area (Å²) in [6.45, 7) is 10.2. The third-order valence-electron chi connectivity index (χ3n) is 6.15. The van der Waals surface area contributed by atoms with Crippen LogP contribution in [0.25, 0.3) is 0 Å². The van der Waals surface area contributed by atoms with Gasteiger partial charge in [0.05, 0.1) is 5.60 Å². The van der Waals surface area contributed by atoms with Crippen LogP contribution in [0.4, 0.5) is 0 Å². The highest BCUT2D eigenvalue weighted by atomic mass is 16.5. The van der Waals surface area contributed by atoms with Gasteiger partial charge in [-0.15, -0.1) is 0 Å². The Labute approximate surface area is 159 Å². The standard InChI is InChI=1S/C22H38N2O2/c1-18(7-6-12-22(2,3)26-5)8-14-24-15-10-19(11-16-24)20-9-13-23(4)21(25)17-20/h9,13,17-19H,6-8,10-12,14-16H2,1-5H3. The van der Waals surface area contributed by atoms with Crippen LogP contribution < -0.4 is 5.56 Å². The predicted molar refractivity (Wildman–Crippen MR) is 109 cm³/mol. The third kappa shape index (κ3) is 6.55. The molecule has 1 aliphatic rings. The van der Waals surface area contributed by atoms with Crippen LogP contribution in [0.15, 0.2) is 23.1 Å². The molecule has 0 aliphatic carbocycles. The Balaban J connectivity index is 1.67. The molecule has 2 rings (SSSR count). The minimum Gasteiger partial charge on any atom is -0.379 e. The lowest BCUT2D eigenvalue weighted by Gasteiger charge is -2.33. The highest BCUT2D eigenvalue weighted by Crippen LogP contribution is 2.27. The van der Waals surface area contributed by atoms with Crippen LogP contribution in [-0.4, -0.2) is 41.8 Å². The molecular weight excluding hydrogens is 324 g/mol. The fourth-order valence-electron chi connectivity index (χ4n) is 3.83. The van der Waals surface area contributed by atoms with E-state index in [2.05, 4.69) is 31.7 Å². The van der Waals surface area contributed by atoms with E-state index in [1.54, 1.807) is 11.7 Å². The number of pyridine rings is 1. The van der Waals surface area contributed by atoms with Crippen LogP contribution in [0.2, 0.25) is 0 Å². The zero-order valence-electron chi connectivity index (χ0n) is 17.5. The molecule has 0 bridgehead atoms. The molecule has 1 saturated heterocycles.